The zero-order valence-electron chi connectivity index (χ0n) is 15.3. The van der Waals surface area contributed by atoms with E-state index in [0.717, 1.165) is 5.56 Å². The number of thiophene rings is 1. The van der Waals surface area contributed by atoms with E-state index in [9.17, 15) is 0 Å². The Kier molecular flexibility index (Phi) is 4.99. The molecule has 0 fully saturated rings. The minimum absolute atomic E-state index is 0.645. The van der Waals surface area contributed by atoms with Gasteiger partial charge in [-0.1, -0.05) is 30.3 Å². The molecule has 4 heteroatoms. The molecular formula is C23H20N2OS. The van der Waals surface area contributed by atoms with Gasteiger partial charge in [-0.05, 0) is 65.2 Å². The first-order valence-corrected chi connectivity index (χ1v) is 9.72. The SMILES string of the molecule is Cc1ccc(-c2ncco2)cc1-c1ccc(CN=Cc2sccc2C)cc1. The van der Waals surface area contributed by atoms with Crippen LogP contribution in [0.2, 0.25) is 0 Å². The van der Waals surface area contributed by atoms with Crippen LogP contribution in [0.3, 0.4) is 0 Å². The fourth-order valence-corrected chi connectivity index (χ4v) is 3.78. The van der Waals surface area contributed by atoms with Crippen LogP contribution in [0.15, 0.2) is 75.8 Å². The van der Waals surface area contributed by atoms with E-state index in [1.807, 2.05) is 12.3 Å². The number of aromatic nitrogens is 1. The lowest BCUT2D eigenvalue weighted by molar-refractivity contribution is 0.574. The van der Waals surface area contributed by atoms with E-state index >= 15 is 0 Å². The molecule has 3 nitrogen and oxygen atoms in total. The summed E-state index contributed by atoms with van der Waals surface area (Å²) in [6.45, 7) is 4.92. The largest absolute Gasteiger partial charge is 0.445 e. The predicted molar refractivity (Wildman–Crippen MR) is 112 cm³/mol. The van der Waals surface area contributed by atoms with Gasteiger partial charge < -0.3 is 4.42 Å². The first-order chi connectivity index (χ1) is 13.2. The average Bonchev–Trinajstić information content (AvgIpc) is 3.35. The molecule has 0 radical (unpaired) electrons. The van der Waals surface area contributed by atoms with Gasteiger partial charge in [0.25, 0.3) is 0 Å². The summed E-state index contributed by atoms with van der Waals surface area (Å²) >= 11 is 1.72. The van der Waals surface area contributed by atoms with Crippen molar-refractivity contribution in [3.05, 3.63) is 87.9 Å². The highest BCUT2D eigenvalue weighted by Crippen LogP contribution is 2.29. The van der Waals surface area contributed by atoms with E-state index in [-0.39, 0.29) is 0 Å². The maximum absolute atomic E-state index is 5.43. The van der Waals surface area contributed by atoms with Crippen molar-refractivity contribution in [3.8, 4) is 22.6 Å². The van der Waals surface area contributed by atoms with Crippen molar-refractivity contribution in [2.45, 2.75) is 20.4 Å². The number of oxazole rings is 1. The molecule has 0 spiro atoms. The number of benzene rings is 2. The average molecular weight is 372 g/mol. The molecule has 27 heavy (non-hydrogen) atoms. The molecule has 0 aliphatic carbocycles. The number of nitrogens with zero attached hydrogens (tertiary/aromatic N) is 2. The van der Waals surface area contributed by atoms with Crippen molar-refractivity contribution in [1.82, 2.24) is 4.98 Å². The minimum Gasteiger partial charge on any atom is -0.445 e. The summed E-state index contributed by atoms with van der Waals surface area (Å²) in [5.41, 5.74) is 7.06. The van der Waals surface area contributed by atoms with Gasteiger partial charge in [-0.15, -0.1) is 11.3 Å². The number of aliphatic imine (C=N–C) groups is 1. The lowest BCUT2D eigenvalue weighted by Gasteiger charge is -2.08. The number of hydrogen-bond acceptors (Lipinski definition) is 4. The van der Waals surface area contributed by atoms with Gasteiger partial charge in [-0.25, -0.2) is 4.98 Å². The van der Waals surface area contributed by atoms with Crippen molar-refractivity contribution in [2.75, 3.05) is 0 Å². The van der Waals surface area contributed by atoms with Crippen molar-refractivity contribution in [2.24, 2.45) is 4.99 Å². The van der Waals surface area contributed by atoms with Crippen molar-refractivity contribution >= 4 is 17.6 Å². The Morgan fingerprint density at radius 2 is 1.81 bits per heavy atom. The summed E-state index contributed by atoms with van der Waals surface area (Å²) in [6, 6.07) is 17.0. The van der Waals surface area contributed by atoms with E-state index < -0.39 is 0 Å². The molecule has 0 aliphatic heterocycles. The molecule has 4 aromatic rings. The summed E-state index contributed by atoms with van der Waals surface area (Å²) in [7, 11) is 0. The highest BCUT2D eigenvalue weighted by molar-refractivity contribution is 7.11. The lowest BCUT2D eigenvalue weighted by atomic mass is 9.97. The molecule has 134 valence electrons. The number of rotatable bonds is 5. The molecular weight excluding hydrogens is 352 g/mol. The summed E-state index contributed by atoms with van der Waals surface area (Å²) < 4.78 is 5.43. The van der Waals surface area contributed by atoms with Gasteiger partial charge in [0.2, 0.25) is 5.89 Å². The second-order valence-corrected chi connectivity index (χ2v) is 7.45. The van der Waals surface area contributed by atoms with Gasteiger partial charge in [-0.3, -0.25) is 4.99 Å². The van der Waals surface area contributed by atoms with Gasteiger partial charge >= 0.3 is 0 Å². The first-order valence-electron chi connectivity index (χ1n) is 8.84. The van der Waals surface area contributed by atoms with Gasteiger partial charge in [-0.2, -0.15) is 0 Å². The molecule has 0 bridgehead atoms. The standard InChI is InChI=1S/C23H20N2OS/c1-16-3-6-20(23-25-10-11-26-23)13-21(16)19-7-4-18(5-8-19)14-24-15-22-17(2)9-12-27-22/h3-13,15H,14H2,1-2H3. The Balaban J connectivity index is 1.53. The fourth-order valence-electron chi connectivity index (χ4n) is 2.97. The van der Waals surface area contributed by atoms with E-state index in [1.165, 1.54) is 32.7 Å². The van der Waals surface area contributed by atoms with E-state index in [2.05, 4.69) is 71.7 Å². The third-order valence-electron chi connectivity index (χ3n) is 4.57. The second kappa shape index (κ2) is 7.72. The van der Waals surface area contributed by atoms with Crippen LogP contribution in [-0.4, -0.2) is 11.2 Å². The Morgan fingerprint density at radius 1 is 1.00 bits per heavy atom. The molecule has 2 aromatic heterocycles. The molecule has 0 saturated heterocycles. The molecule has 0 atom stereocenters. The Morgan fingerprint density at radius 3 is 2.52 bits per heavy atom. The zero-order chi connectivity index (χ0) is 18.6. The Hall–Kier alpha value is -2.98. The van der Waals surface area contributed by atoms with Crippen LogP contribution >= 0.6 is 11.3 Å². The maximum Gasteiger partial charge on any atom is 0.225 e. The number of hydrogen-bond donors (Lipinski definition) is 0. The molecule has 0 saturated carbocycles. The molecule has 0 N–H and O–H groups in total. The van der Waals surface area contributed by atoms with Crippen LogP contribution < -0.4 is 0 Å². The van der Waals surface area contributed by atoms with Crippen LogP contribution in [0, 0.1) is 13.8 Å². The van der Waals surface area contributed by atoms with E-state index in [0.29, 0.717) is 12.4 Å². The van der Waals surface area contributed by atoms with Gasteiger partial charge in [0.05, 0.1) is 12.7 Å². The summed E-state index contributed by atoms with van der Waals surface area (Å²) in [5, 5.41) is 2.10. The molecule has 4 rings (SSSR count). The van der Waals surface area contributed by atoms with Crippen LogP contribution in [-0.2, 0) is 6.54 Å². The van der Waals surface area contributed by atoms with Gasteiger partial charge in [0.1, 0.15) is 6.26 Å². The molecule has 0 aliphatic rings. The summed E-state index contributed by atoms with van der Waals surface area (Å²) in [5.74, 6) is 0.645. The number of aryl methyl sites for hydroxylation is 2. The highest BCUT2D eigenvalue weighted by atomic mass is 32.1. The van der Waals surface area contributed by atoms with Crippen LogP contribution in [0.5, 0.6) is 0 Å². The Bertz CT molecular complexity index is 1060. The minimum atomic E-state index is 0.645. The molecule has 0 unspecified atom stereocenters. The van der Waals surface area contributed by atoms with Crippen LogP contribution in [0.25, 0.3) is 22.6 Å². The smallest absolute Gasteiger partial charge is 0.225 e. The van der Waals surface area contributed by atoms with Crippen LogP contribution in [0.1, 0.15) is 21.6 Å². The highest BCUT2D eigenvalue weighted by Gasteiger charge is 2.08. The van der Waals surface area contributed by atoms with Crippen molar-refractivity contribution in [3.63, 3.8) is 0 Å². The van der Waals surface area contributed by atoms with Gasteiger partial charge in [0, 0.05) is 16.7 Å². The van der Waals surface area contributed by atoms with Crippen LogP contribution in [0.4, 0.5) is 0 Å². The monoisotopic (exact) mass is 372 g/mol. The lowest BCUT2D eigenvalue weighted by Crippen LogP contribution is -1.88. The quantitative estimate of drug-likeness (QED) is 0.385. The fraction of sp³-hybridized carbons (Fsp3) is 0.130. The topological polar surface area (TPSA) is 38.4 Å². The van der Waals surface area contributed by atoms with E-state index in [1.54, 1.807) is 23.8 Å². The molecule has 0 amide bonds. The summed E-state index contributed by atoms with van der Waals surface area (Å²) in [4.78, 5) is 10.0. The Labute approximate surface area is 163 Å². The predicted octanol–water partition coefficient (Wildman–Crippen LogP) is 6.31. The van der Waals surface area contributed by atoms with Crippen molar-refractivity contribution in [1.29, 1.82) is 0 Å². The van der Waals surface area contributed by atoms with Crippen molar-refractivity contribution < 1.29 is 4.42 Å². The molecule has 2 aromatic carbocycles. The second-order valence-electron chi connectivity index (χ2n) is 6.50. The molecule has 2 heterocycles. The third kappa shape index (κ3) is 3.91. The third-order valence-corrected chi connectivity index (χ3v) is 5.52. The normalized spacial score (nSPS) is 11.3. The maximum atomic E-state index is 5.43. The van der Waals surface area contributed by atoms with Gasteiger partial charge in [0.15, 0.2) is 0 Å². The first kappa shape index (κ1) is 17.4. The van der Waals surface area contributed by atoms with E-state index in [4.69, 9.17) is 4.42 Å². The zero-order valence-corrected chi connectivity index (χ0v) is 16.2. The summed E-state index contributed by atoms with van der Waals surface area (Å²) in [6.07, 6.45) is 5.24.